The molecule has 0 spiro atoms. The van der Waals surface area contributed by atoms with Crippen LogP contribution in [-0.4, -0.2) is 43.2 Å². The summed E-state index contributed by atoms with van der Waals surface area (Å²) in [5.74, 6) is 0.0656. The molecular weight excluding hydrogens is 283 g/mol. The van der Waals surface area contributed by atoms with Gasteiger partial charge in [0.2, 0.25) is 5.91 Å². The summed E-state index contributed by atoms with van der Waals surface area (Å²) in [5, 5.41) is 5.88. The normalized spacial score (nSPS) is 10.0. The number of carbonyl (C=O) groups is 1. The molecule has 0 fully saturated rings. The first kappa shape index (κ1) is 13.1. The highest BCUT2D eigenvalue weighted by molar-refractivity contribution is 14.1. The molecule has 0 aromatic rings. The molecule has 0 heterocycles. The van der Waals surface area contributed by atoms with E-state index in [0.29, 0.717) is 24.2 Å². The van der Waals surface area contributed by atoms with Gasteiger partial charge >= 0.3 is 0 Å². The molecule has 78 valence electrons. The van der Waals surface area contributed by atoms with E-state index in [4.69, 9.17) is 4.74 Å². The number of rotatable bonds is 8. The van der Waals surface area contributed by atoms with Gasteiger partial charge in [0.05, 0.1) is 17.6 Å². The molecule has 0 aliphatic rings. The molecular formula is C8H17IN2O2. The average molecular weight is 300 g/mol. The van der Waals surface area contributed by atoms with Crippen LogP contribution < -0.4 is 10.6 Å². The molecule has 1 amide bonds. The van der Waals surface area contributed by atoms with Gasteiger partial charge in [-0.25, -0.2) is 0 Å². The second-order valence-corrected chi connectivity index (χ2v) is 3.21. The number of carbonyl (C=O) groups excluding carboxylic acids is 1. The molecule has 0 atom stereocenters. The third kappa shape index (κ3) is 10.0. The molecule has 0 aliphatic carbocycles. The predicted molar refractivity (Wildman–Crippen MR) is 61.3 cm³/mol. The van der Waals surface area contributed by atoms with Gasteiger partial charge in [-0.2, -0.15) is 0 Å². The van der Waals surface area contributed by atoms with Crippen molar-refractivity contribution in [1.29, 1.82) is 0 Å². The zero-order valence-electron chi connectivity index (χ0n) is 7.94. The fraction of sp³-hybridized carbons (Fsp3) is 0.875. The Hall–Kier alpha value is 0.120. The van der Waals surface area contributed by atoms with Crippen LogP contribution >= 0.6 is 22.6 Å². The molecule has 2 N–H and O–H groups in total. The van der Waals surface area contributed by atoms with Crippen LogP contribution in [0.25, 0.3) is 0 Å². The van der Waals surface area contributed by atoms with E-state index in [0.717, 1.165) is 13.1 Å². The molecule has 5 heteroatoms. The van der Waals surface area contributed by atoms with Gasteiger partial charge in [0, 0.05) is 13.1 Å². The summed E-state index contributed by atoms with van der Waals surface area (Å²) >= 11 is 2.03. The van der Waals surface area contributed by atoms with Crippen LogP contribution in [0.5, 0.6) is 0 Å². The number of hydrogen-bond donors (Lipinski definition) is 2. The van der Waals surface area contributed by atoms with E-state index >= 15 is 0 Å². The maximum absolute atomic E-state index is 10.8. The fourth-order valence-corrected chi connectivity index (χ4v) is 1.00. The van der Waals surface area contributed by atoms with Crippen molar-refractivity contribution in [3.63, 3.8) is 0 Å². The monoisotopic (exact) mass is 300 g/mol. The smallest absolute Gasteiger partial charge is 0.229 e. The third-order valence-electron chi connectivity index (χ3n) is 1.36. The first-order chi connectivity index (χ1) is 6.31. The molecule has 0 bridgehead atoms. The Morgan fingerprint density at radius 3 is 2.69 bits per heavy atom. The molecule has 0 radical (unpaired) electrons. The van der Waals surface area contributed by atoms with E-state index in [-0.39, 0.29) is 5.91 Å². The Labute approximate surface area is 92.9 Å². The van der Waals surface area contributed by atoms with Gasteiger partial charge in [-0.3, -0.25) is 4.79 Å². The number of likely N-dealkylation sites (N-methyl/N-ethyl adjacent to an activating group) is 1. The number of amides is 1. The second-order valence-electron chi connectivity index (χ2n) is 2.45. The number of nitrogens with one attached hydrogen (secondary N) is 2. The van der Waals surface area contributed by atoms with Crippen LogP contribution in [-0.2, 0) is 9.53 Å². The van der Waals surface area contributed by atoms with Gasteiger partial charge < -0.3 is 15.4 Å². The lowest BCUT2D eigenvalue weighted by molar-refractivity contribution is -0.118. The standard InChI is InChI=1S/C8H17IN2O2/c1-2-10-3-5-13-6-4-11-8(12)7-9/h10H,2-7H2,1H3,(H,11,12). The van der Waals surface area contributed by atoms with E-state index in [1.54, 1.807) is 0 Å². The van der Waals surface area contributed by atoms with Gasteiger partial charge in [0.1, 0.15) is 0 Å². The highest BCUT2D eigenvalue weighted by Gasteiger charge is 1.95. The quantitative estimate of drug-likeness (QED) is 0.381. The van der Waals surface area contributed by atoms with Crippen LogP contribution in [0.4, 0.5) is 0 Å². The molecule has 0 aromatic heterocycles. The first-order valence-electron chi connectivity index (χ1n) is 4.42. The van der Waals surface area contributed by atoms with E-state index in [2.05, 4.69) is 17.6 Å². The van der Waals surface area contributed by atoms with Crippen molar-refractivity contribution in [3.8, 4) is 0 Å². The minimum Gasteiger partial charge on any atom is -0.378 e. The Morgan fingerprint density at radius 2 is 2.08 bits per heavy atom. The van der Waals surface area contributed by atoms with E-state index in [9.17, 15) is 4.79 Å². The topological polar surface area (TPSA) is 50.4 Å². The van der Waals surface area contributed by atoms with Crippen LogP contribution in [0.15, 0.2) is 0 Å². The number of halogens is 1. The zero-order valence-corrected chi connectivity index (χ0v) is 10.1. The number of ether oxygens (including phenoxy) is 1. The van der Waals surface area contributed by atoms with Crippen molar-refractivity contribution in [1.82, 2.24) is 10.6 Å². The highest BCUT2D eigenvalue weighted by Crippen LogP contribution is 1.79. The van der Waals surface area contributed by atoms with Crippen LogP contribution in [0.2, 0.25) is 0 Å². The van der Waals surface area contributed by atoms with Crippen molar-refractivity contribution in [3.05, 3.63) is 0 Å². The maximum Gasteiger partial charge on any atom is 0.229 e. The van der Waals surface area contributed by atoms with E-state index < -0.39 is 0 Å². The van der Waals surface area contributed by atoms with Crippen molar-refractivity contribution in [2.45, 2.75) is 6.92 Å². The highest BCUT2D eigenvalue weighted by atomic mass is 127. The molecule has 0 rings (SSSR count). The Morgan fingerprint density at radius 1 is 1.38 bits per heavy atom. The van der Waals surface area contributed by atoms with Crippen molar-refractivity contribution in [2.24, 2.45) is 0 Å². The lowest BCUT2D eigenvalue weighted by atomic mass is 10.6. The van der Waals surface area contributed by atoms with Crippen LogP contribution in [0.3, 0.4) is 0 Å². The van der Waals surface area contributed by atoms with E-state index in [1.165, 1.54) is 0 Å². The number of hydrogen-bond acceptors (Lipinski definition) is 3. The van der Waals surface area contributed by atoms with Gasteiger partial charge in [-0.1, -0.05) is 29.5 Å². The summed E-state index contributed by atoms with van der Waals surface area (Å²) < 4.78 is 5.76. The van der Waals surface area contributed by atoms with Crippen LogP contribution in [0, 0.1) is 0 Å². The number of alkyl halides is 1. The maximum atomic E-state index is 10.8. The molecule has 0 unspecified atom stereocenters. The average Bonchev–Trinajstić information content (AvgIpc) is 2.16. The minimum absolute atomic E-state index is 0.0656. The lowest BCUT2D eigenvalue weighted by Gasteiger charge is -2.05. The predicted octanol–water partition coefficient (Wildman–Crippen LogP) is 0.164. The fourth-order valence-electron chi connectivity index (χ4n) is 0.733. The van der Waals surface area contributed by atoms with Crippen molar-refractivity contribution < 1.29 is 9.53 Å². The van der Waals surface area contributed by atoms with Gasteiger partial charge in [-0.15, -0.1) is 0 Å². The minimum atomic E-state index is 0.0656. The molecule has 0 aromatic carbocycles. The largest absolute Gasteiger partial charge is 0.378 e. The summed E-state index contributed by atoms with van der Waals surface area (Å²) in [6, 6.07) is 0. The molecule has 0 saturated heterocycles. The first-order valence-corrected chi connectivity index (χ1v) is 5.95. The summed E-state index contributed by atoms with van der Waals surface area (Å²) in [6.45, 7) is 5.79. The zero-order chi connectivity index (χ0) is 9.94. The SMILES string of the molecule is CCNCCOCCNC(=O)CI. The summed E-state index contributed by atoms with van der Waals surface area (Å²) in [7, 11) is 0. The lowest BCUT2D eigenvalue weighted by Crippen LogP contribution is -2.29. The Kier molecular flexibility index (Phi) is 10.3. The molecule has 13 heavy (non-hydrogen) atoms. The van der Waals surface area contributed by atoms with Gasteiger partial charge in [-0.05, 0) is 6.54 Å². The summed E-state index contributed by atoms with van der Waals surface area (Å²) in [6.07, 6.45) is 0. The van der Waals surface area contributed by atoms with Crippen molar-refractivity contribution in [2.75, 3.05) is 37.3 Å². The van der Waals surface area contributed by atoms with Gasteiger partial charge in [0.25, 0.3) is 0 Å². The molecule has 4 nitrogen and oxygen atoms in total. The molecule has 0 aliphatic heterocycles. The van der Waals surface area contributed by atoms with Crippen LogP contribution in [0.1, 0.15) is 6.92 Å². The summed E-state index contributed by atoms with van der Waals surface area (Å²) in [5.41, 5.74) is 0. The van der Waals surface area contributed by atoms with Crippen molar-refractivity contribution >= 4 is 28.5 Å². The van der Waals surface area contributed by atoms with Gasteiger partial charge in [0.15, 0.2) is 0 Å². The van der Waals surface area contributed by atoms with E-state index in [1.807, 2.05) is 22.6 Å². The molecule has 0 saturated carbocycles. The second kappa shape index (κ2) is 10.2. The third-order valence-corrected chi connectivity index (χ3v) is 2.06. The Balaban J connectivity index is 2.95. The summed E-state index contributed by atoms with van der Waals surface area (Å²) in [4.78, 5) is 10.8. The Bertz CT molecular complexity index is 133.